The summed E-state index contributed by atoms with van der Waals surface area (Å²) in [6.45, 7) is 0. The summed E-state index contributed by atoms with van der Waals surface area (Å²) in [6, 6.07) is 14.1. The van der Waals surface area contributed by atoms with Crippen molar-refractivity contribution in [2.75, 3.05) is 18.2 Å². The molecular weight excluding hydrogens is 392 g/mol. The van der Waals surface area contributed by atoms with Gasteiger partial charge < -0.3 is 10.1 Å². The summed E-state index contributed by atoms with van der Waals surface area (Å²) in [7, 11) is 1.54. The van der Waals surface area contributed by atoms with E-state index in [4.69, 9.17) is 4.74 Å². The van der Waals surface area contributed by atoms with Crippen molar-refractivity contribution < 1.29 is 9.53 Å². The number of rotatable bonds is 6. The molecule has 146 valence electrons. The molecule has 2 aromatic heterocycles. The third-order valence-corrected chi connectivity index (χ3v) is 5.01. The lowest BCUT2D eigenvalue weighted by molar-refractivity contribution is -0.113. The first kappa shape index (κ1) is 18.7. The third-order valence-electron chi connectivity index (χ3n) is 4.07. The number of carbonyl (C=O) groups is 1. The van der Waals surface area contributed by atoms with Crippen molar-refractivity contribution in [2.24, 2.45) is 0 Å². The summed E-state index contributed by atoms with van der Waals surface area (Å²) in [6.07, 6.45) is 1.31. The van der Waals surface area contributed by atoms with Crippen LogP contribution >= 0.6 is 11.8 Å². The number of para-hydroxylation sites is 3. The molecule has 2 heterocycles. The van der Waals surface area contributed by atoms with Crippen LogP contribution in [0.1, 0.15) is 0 Å². The van der Waals surface area contributed by atoms with Gasteiger partial charge in [-0.05, 0) is 24.3 Å². The van der Waals surface area contributed by atoms with Gasteiger partial charge in [0.15, 0.2) is 5.16 Å². The number of benzene rings is 2. The van der Waals surface area contributed by atoms with Gasteiger partial charge in [-0.1, -0.05) is 36.0 Å². The van der Waals surface area contributed by atoms with Crippen LogP contribution in [0.4, 0.5) is 5.69 Å². The number of aromatic nitrogens is 5. The fraction of sp³-hybridized carbons (Fsp3) is 0.105. The molecule has 0 unspecified atom stereocenters. The number of anilines is 1. The Morgan fingerprint density at radius 2 is 2.00 bits per heavy atom. The molecule has 0 bridgehead atoms. The second kappa shape index (κ2) is 8.15. The third kappa shape index (κ3) is 3.83. The summed E-state index contributed by atoms with van der Waals surface area (Å²) in [4.78, 5) is 34.0. The van der Waals surface area contributed by atoms with Crippen molar-refractivity contribution in [3.05, 3.63) is 65.2 Å². The molecule has 9 nitrogen and oxygen atoms in total. The van der Waals surface area contributed by atoms with E-state index in [1.54, 1.807) is 42.5 Å². The van der Waals surface area contributed by atoms with Crippen LogP contribution in [0.15, 0.2) is 64.8 Å². The number of carbonyl (C=O) groups excluding carboxylic acids is 1. The molecule has 1 amide bonds. The van der Waals surface area contributed by atoms with Crippen molar-refractivity contribution in [1.82, 2.24) is 24.7 Å². The molecule has 0 aliphatic rings. The van der Waals surface area contributed by atoms with Crippen LogP contribution in [0.25, 0.3) is 16.9 Å². The highest BCUT2D eigenvalue weighted by atomic mass is 32.2. The van der Waals surface area contributed by atoms with Gasteiger partial charge in [0.25, 0.3) is 5.56 Å². The number of ether oxygens (including phenoxy) is 1. The van der Waals surface area contributed by atoms with Gasteiger partial charge in [-0.3, -0.25) is 9.59 Å². The number of hydrogen-bond acceptors (Lipinski definition) is 7. The van der Waals surface area contributed by atoms with Gasteiger partial charge in [0.05, 0.1) is 29.5 Å². The Labute approximate surface area is 169 Å². The van der Waals surface area contributed by atoms with E-state index in [1.165, 1.54) is 18.0 Å². The van der Waals surface area contributed by atoms with Gasteiger partial charge in [-0.2, -0.15) is 10.1 Å². The Balaban J connectivity index is 1.63. The fourth-order valence-corrected chi connectivity index (χ4v) is 3.56. The molecule has 2 aromatic carbocycles. The summed E-state index contributed by atoms with van der Waals surface area (Å²) in [5.74, 6) is 0.580. The zero-order valence-corrected chi connectivity index (χ0v) is 16.1. The lowest BCUT2D eigenvalue weighted by Crippen LogP contribution is -2.24. The van der Waals surface area contributed by atoms with Gasteiger partial charge in [0, 0.05) is 0 Å². The molecule has 4 rings (SSSR count). The van der Waals surface area contributed by atoms with E-state index >= 15 is 0 Å². The maximum atomic E-state index is 13.0. The first-order chi connectivity index (χ1) is 14.2. The second-order valence-corrected chi connectivity index (χ2v) is 6.84. The highest BCUT2D eigenvalue weighted by Crippen LogP contribution is 2.24. The molecule has 0 fully saturated rings. The molecule has 0 spiro atoms. The van der Waals surface area contributed by atoms with Crippen molar-refractivity contribution in [2.45, 2.75) is 5.16 Å². The van der Waals surface area contributed by atoms with Gasteiger partial charge in [-0.25, -0.2) is 14.6 Å². The average Bonchev–Trinajstić information content (AvgIpc) is 3.27. The van der Waals surface area contributed by atoms with E-state index in [0.717, 1.165) is 11.8 Å². The number of amides is 1. The van der Waals surface area contributed by atoms with Gasteiger partial charge >= 0.3 is 0 Å². The topological polar surface area (TPSA) is 115 Å². The minimum Gasteiger partial charge on any atom is -0.495 e. The van der Waals surface area contributed by atoms with Crippen LogP contribution in [0, 0.1) is 0 Å². The molecule has 10 heteroatoms. The van der Waals surface area contributed by atoms with E-state index in [2.05, 4.69) is 25.5 Å². The molecule has 2 N–H and O–H groups in total. The zero-order valence-electron chi connectivity index (χ0n) is 15.3. The Bertz CT molecular complexity index is 1220. The molecule has 0 saturated carbocycles. The van der Waals surface area contributed by atoms with E-state index in [1.807, 2.05) is 6.07 Å². The summed E-state index contributed by atoms with van der Waals surface area (Å²) in [5, 5.41) is 10.1. The minimum absolute atomic E-state index is 0.0387. The number of nitrogens with zero attached hydrogens (tertiary/aromatic N) is 4. The molecule has 0 saturated heterocycles. The smallest absolute Gasteiger partial charge is 0.269 e. The highest BCUT2D eigenvalue weighted by Gasteiger charge is 2.16. The van der Waals surface area contributed by atoms with Crippen LogP contribution in [0.3, 0.4) is 0 Å². The minimum atomic E-state index is -0.292. The number of methoxy groups -OCH3 is 1. The summed E-state index contributed by atoms with van der Waals surface area (Å²) in [5.41, 5.74) is 0.820. The SMILES string of the molecule is COc1ccccc1NC(=O)CSc1nc2ccccc2c(=O)n1-c1ncn[nH]1. The fourth-order valence-electron chi connectivity index (χ4n) is 2.77. The zero-order chi connectivity index (χ0) is 20.2. The lowest BCUT2D eigenvalue weighted by Gasteiger charge is -2.11. The standard InChI is InChI=1S/C19H16N6O3S/c1-28-15-9-5-4-8-14(15)22-16(26)10-29-19-23-13-7-3-2-6-12(13)17(27)25(19)18-20-11-21-24-18/h2-9,11H,10H2,1H3,(H,22,26)(H,20,21,24). The van der Waals surface area contributed by atoms with Crippen molar-refractivity contribution in [1.29, 1.82) is 0 Å². The van der Waals surface area contributed by atoms with Gasteiger partial charge in [0.2, 0.25) is 11.9 Å². The van der Waals surface area contributed by atoms with Crippen LogP contribution < -0.4 is 15.6 Å². The predicted molar refractivity (Wildman–Crippen MR) is 110 cm³/mol. The second-order valence-electron chi connectivity index (χ2n) is 5.90. The molecule has 29 heavy (non-hydrogen) atoms. The highest BCUT2D eigenvalue weighted by molar-refractivity contribution is 7.99. The first-order valence-electron chi connectivity index (χ1n) is 8.60. The monoisotopic (exact) mass is 408 g/mol. The lowest BCUT2D eigenvalue weighted by atomic mass is 10.2. The Morgan fingerprint density at radius 1 is 1.21 bits per heavy atom. The molecule has 0 aliphatic carbocycles. The number of nitrogens with one attached hydrogen (secondary N) is 2. The number of aromatic amines is 1. The predicted octanol–water partition coefficient (Wildman–Crippen LogP) is 2.24. The Hall–Kier alpha value is -3.66. The van der Waals surface area contributed by atoms with E-state index in [9.17, 15) is 9.59 Å². The normalized spacial score (nSPS) is 10.8. The maximum Gasteiger partial charge on any atom is 0.269 e. The van der Waals surface area contributed by atoms with E-state index in [0.29, 0.717) is 27.5 Å². The molecule has 0 atom stereocenters. The number of hydrogen-bond donors (Lipinski definition) is 2. The molecule has 0 radical (unpaired) electrons. The van der Waals surface area contributed by atoms with Crippen LogP contribution in [-0.4, -0.2) is 43.5 Å². The largest absolute Gasteiger partial charge is 0.495 e. The molecule has 0 aliphatic heterocycles. The van der Waals surface area contributed by atoms with Crippen molar-refractivity contribution >= 4 is 34.3 Å². The van der Waals surface area contributed by atoms with Crippen LogP contribution in [0.5, 0.6) is 5.75 Å². The van der Waals surface area contributed by atoms with E-state index < -0.39 is 0 Å². The number of fused-ring (bicyclic) bond motifs is 1. The molecular formula is C19H16N6O3S. The molecule has 4 aromatic rings. The summed E-state index contributed by atoms with van der Waals surface area (Å²) < 4.78 is 6.56. The number of thioether (sulfide) groups is 1. The Morgan fingerprint density at radius 3 is 2.79 bits per heavy atom. The van der Waals surface area contributed by atoms with Gasteiger partial charge in [-0.15, -0.1) is 0 Å². The van der Waals surface area contributed by atoms with Crippen molar-refractivity contribution in [3.8, 4) is 11.7 Å². The first-order valence-corrected chi connectivity index (χ1v) is 9.59. The van der Waals surface area contributed by atoms with Crippen molar-refractivity contribution in [3.63, 3.8) is 0 Å². The quantitative estimate of drug-likeness (QED) is 0.371. The number of H-pyrrole nitrogens is 1. The maximum absolute atomic E-state index is 13.0. The van der Waals surface area contributed by atoms with Crippen LogP contribution in [0.2, 0.25) is 0 Å². The summed E-state index contributed by atoms with van der Waals surface area (Å²) >= 11 is 1.13. The van der Waals surface area contributed by atoms with E-state index in [-0.39, 0.29) is 23.2 Å². The van der Waals surface area contributed by atoms with Gasteiger partial charge in [0.1, 0.15) is 12.1 Å². The Kier molecular flexibility index (Phi) is 5.25. The van der Waals surface area contributed by atoms with Crippen LogP contribution in [-0.2, 0) is 4.79 Å². The average molecular weight is 408 g/mol.